The Morgan fingerprint density at radius 1 is 0.589 bits per heavy atom. The zero-order chi connectivity index (χ0) is 41.4. The van der Waals surface area contributed by atoms with E-state index in [1.165, 1.54) is 74.9 Å². The van der Waals surface area contributed by atoms with Gasteiger partial charge in [-0.1, -0.05) is 72.8 Å². The number of nitrogens with zero attached hydrogens (tertiary/aromatic N) is 2. The molecule has 6 rings (SSSR count). The van der Waals surface area contributed by atoms with Crippen molar-refractivity contribution in [3.05, 3.63) is 155 Å². The van der Waals surface area contributed by atoms with Crippen molar-refractivity contribution in [1.29, 1.82) is 0 Å². The normalized spacial score (nSPS) is 17.6. The van der Waals surface area contributed by atoms with Crippen LogP contribution in [0.15, 0.2) is 109 Å². The fourth-order valence-electron chi connectivity index (χ4n) is 5.24. The lowest BCUT2D eigenvalue weighted by molar-refractivity contribution is -0.170. The van der Waals surface area contributed by atoms with Gasteiger partial charge in [-0.3, -0.25) is 24.1 Å². The van der Waals surface area contributed by atoms with E-state index in [-0.39, 0.29) is 58.5 Å². The summed E-state index contributed by atoms with van der Waals surface area (Å²) in [5.41, 5.74) is 1.82. The molecule has 4 atom stereocenters. The molecule has 4 unspecified atom stereocenters. The van der Waals surface area contributed by atoms with Crippen molar-refractivity contribution in [2.24, 2.45) is 11.8 Å². The SMILES string of the molecule is CON(C)C(=O)/C=C/c1ccccc1F.CON(C)C(=O)C1CC1c1ccccc1F.O=C(O)/C=C/c1ccccc1F.O=C(O)C1CC1c1ccccc1F. The van der Waals surface area contributed by atoms with Gasteiger partial charge in [0.05, 0.1) is 20.1 Å². The van der Waals surface area contributed by atoms with Gasteiger partial charge in [-0.2, -0.15) is 0 Å². The van der Waals surface area contributed by atoms with Crippen LogP contribution < -0.4 is 0 Å². The number of aliphatic carboxylic acids is 2. The van der Waals surface area contributed by atoms with Gasteiger partial charge in [0.25, 0.3) is 5.91 Å². The number of carboxylic acid groups (broad SMARTS) is 2. The Kier molecular flexibility index (Phi) is 17.1. The molecule has 0 spiro atoms. The molecule has 0 bridgehead atoms. The third-order valence-electron chi connectivity index (χ3n) is 8.61. The Morgan fingerprint density at radius 3 is 1.38 bits per heavy atom. The molecule has 296 valence electrons. The van der Waals surface area contributed by atoms with E-state index < -0.39 is 17.8 Å². The highest BCUT2D eigenvalue weighted by Gasteiger charge is 2.47. The van der Waals surface area contributed by atoms with Gasteiger partial charge in [-0.25, -0.2) is 32.5 Å². The number of likely N-dealkylation sites (N-methyl/N-ethyl adjacent to an activating group) is 1. The lowest BCUT2D eigenvalue weighted by Gasteiger charge is -2.13. The van der Waals surface area contributed by atoms with Crippen LogP contribution in [-0.4, -0.2) is 72.4 Å². The summed E-state index contributed by atoms with van der Waals surface area (Å²) in [4.78, 5) is 53.1. The number of carboxylic acids is 2. The van der Waals surface area contributed by atoms with E-state index in [0.717, 1.165) is 11.1 Å². The molecular formula is C42H42F4N2O8. The average molecular weight is 779 g/mol. The molecule has 2 saturated carbocycles. The van der Waals surface area contributed by atoms with Crippen molar-refractivity contribution < 1.29 is 56.6 Å². The number of hydrogen-bond acceptors (Lipinski definition) is 6. The monoisotopic (exact) mass is 778 g/mol. The fourth-order valence-corrected chi connectivity index (χ4v) is 5.24. The van der Waals surface area contributed by atoms with Crippen molar-refractivity contribution in [1.82, 2.24) is 10.1 Å². The summed E-state index contributed by atoms with van der Waals surface area (Å²) in [5.74, 6) is -4.28. The van der Waals surface area contributed by atoms with Gasteiger partial charge < -0.3 is 10.2 Å². The van der Waals surface area contributed by atoms with E-state index in [2.05, 4.69) is 4.84 Å². The summed E-state index contributed by atoms with van der Waals surface area (Å²) in [6.45, 7) is 0. The molecule has 0 radical (unpaired) electrons. The zero-order valence-corrected chi connectivity index (χ0v) is 31.0. The van der Waals surface area contributed by atoms with E-state index >= 15 is 0 Å². The molecule has 2 N–H and O–H groups in total. The van der Waals surface area contributed by atoms with Crippen molar-refractivity contribution >= 4 is 35.9 Å². The molecule has 0 aromatic heterocycles. The molecule has 56 heavy (non-hydrogen) atoms. The molecule has 4 aromatic carbocycles. The Morgan fingerprint density at radius 2 is 0.982 bits per heavy atom. The van der Waals surface area contributed by atoms with Crippen molar-refractivity contribution in [2.45, 2.75) is 24.7 Å². The molecule has 0 heterocycles. The fraction of sp³-hybridized carbons (Fsp3) is 0.238. The van der Waals surface area contributed by atoms with E-state index in [9.17, 15) is 36.7 Å². The van der Waals surface area contributed by atoms with Crippen LogP contribution in [0.5, 0.6) is 0 Å². The second kappa shape index (κ2) is 21.7. The standard InChI is InChI=1S/C12H14FNO2.C11H12FNO2.C10H9FO2.C9H7FO2/c1-14(16-2)12(15)10-7-9(10)8-5-3-4-6-11(8)13;1-13(15-2)11(14)8-7-9-5-3-4-6-10(9)12;11-9-4-2-1-3-6(9)7-5-8(7)10(12)13;10-8-4-2-1-3-7(8)5-6-9(11)12/h3-6,9-10H,7H2,1-2H3;3-8H,1-2H3;1-4,7-8H,5H2,(H,12,13);1-6H,(H,11,12)/b;8-7+;;6-5+. The van der Waals surface area contributed by atoms with Gasteiger partial charge in [0, 0.05) is 49.2 Å². The highest BCUT2D eigenvalue weighted by atomic mass is 19.1. The van der Waals surface area contributed by atoms with Crippen molar-refractivity contribution in [3.63, 3.8) is 0 Å². The molecule has 14 heteroatoms. The van der Waals surface area contributed by atoms with E-state index in [1.54, 1.807) is 73.8 Å². The van der Waals surface area contributed by atoms with Crippen molar-refractivity contribution in [3.8, 4) is 0 Å². The van der Waals surface area contributed by atoms with E-state index in [4.69, 9.17) is 15.1 Å². The molecule has 2 fully saturated rings. The van der Waals surface area contributed by atoms with Crippen LogP contribution in [0, 0.1) is 35.1 Å². The molecule has 2 aliphatic carbocycles. The summed E-state index contributed by atoms with van der Waals surface area (Å²) in [7, 11) is 5.88. The number of amides is 2. The minimum atomic E-state index is -1.08. The maximum Gasteiger partial charge on any atom is 0.328 e. The number of rotatable bonds is 10. The zero-order valence-electron chi connectivity index (χ0n) is 31.0. The molecule has 2 aliphatic rings. The molecule has 0 aliphatic heterocycles. The number of hydroxylamine groups is 4. The first-order chi connectivity index (χ1) is 26.7. The van der Waals surface area contributed by atoms with Crippen LogP contribution in [0.2, 0.25) is 0 Å². The number of hydrogen-bond donors (Lipinski definition) is 2. The predicted octanol–water partition coefficient (Wildman–Crippen LogP) is 7.75. The lowest BCUT2D eigenvalue weighted by Crippen LogP contribution is -2.27. The second-order valence-corrected chi connectivity index (χ2v) is 12.4. The smallest absolute Gasteiger partial charge is 0.328 e. The molecule has 0 saturated heterocycles. The minimum absolute atomic E-state index is 0.00583. The van der Waals surface area contributed by atoms with Gasteiger partial charge in [-0.05, 0) is 66.3 Å². The predicted molar refractivity (Wildman–Crippen MR) is 200 cm³/mol. The van der Waals surface area contributed by atoms with Crippen molar-refractivity contribution in [2.75, 3.05) is 28.3 Å². The number of benzene rings is 4. The van der Waals surface area contributed by atoms with Crippen LogP contribution in [0.4, 0.5) is 17.6 Å². The van der Waals surface area contributed by atoms with E-state index in [1.807, 2.05) is 0 Å². The molecular weight excluding hydrogens is 736 g/mol. The van der Waals surface area contributed by atoms with Crippen LogP contribution >= 0.6 is 0 Å². The Balaban J connectivity index is 0.000000201. The average Bonchev–Trinajstić information content (AvgIpc) is 4.13. The summed E-state index contributed by atoms with van der Waals surface area (Å²) in [6.07, 6.45) is 6.05. The third-order valence-corrected chi connectivity index (χ3v) is 8.61. The van der Waals surface area contributed by atoms with Gasteiger partial charge in [-0.15, -0.1) is 0 Å². The minimum Gasteiger partial charge on any atom is -0.481 e. The number of halogens is 4. The third kappa shape index (κ3) is 13.6. The van der Waals surface area contributed by atoms with Crippen LogP contribution in [-0.2, 0) is 28.9 Å². The molecule has 2 amide bonds. The summed E-state index contributed by atoms with van der Waals surface area (Å²) >= 11 is 0. The van der Waals surface area contributed by atoms with Gasteiger partial charge in [0.1, 0.15) is 23.3 Å². The Hall–Kier alpha value is -6.12. The largest absolute Gasteiger partial charge is 0.481 e. The first-order valence-electron chi connectivity index (χ1n) is 17.1. The van der Waals surface area contributed by atoms with E-state index in [0.29, 0.717) is 29.5 Å². The highest BCUT2D eigenvalue weighted by Crippen LogP contribution is 2.49. The summed E-state index contributed by atoms with van der Waals surface area (Å²) in [6, 6.07) is 25.2. The quantitative estimate of drug-likeness (QED) is 0.0950. The molecule has 4 aromatic rings. The number of carbonyl (C=O) groups is 4. The van der Waals surface area contributed by atoms with Gasteiger partial charge >= 0.3 is 11.9 Å². The topological polar surface area (TPSA) is 134 Å². The first kappa shape index (κ1) is 44.3. The molecule has 10 nitrogen and oxygen atoms in total. The lowest BCUT2D eigenvalue weighted by atomic mass is 10.1. The Bertz CT molecular complexity index is 2020. The summed E-state index contributed by atoms with van der Waals surface area (Å²) < 4.78 is 52.5. The van der Waals surface area contributed by atoms with Crippen LogP contribution in [0.1, 0.15) is 46.9 Å². The van der Waals surface area contributed by atoms with Gasteiger partial charge in [0.2, 0.25) is 5.91 Å². The summed E-state index contributed by atoms with van der Waals surface area (Å²) in [5, 5.41) is 19.2. The maximum atomic E-state index is 13.4. The maximum absolute atomic E-state index is 13.4. The highest BCUT2D eigenvalue weighted by molar-refractivity contribution is 5.91. The van der Waals surface area contributed by atoms with Crippen LogP contribution in [0.25, 0.3) is 12.2 Å². The first-order valence-corrected chi connectivity index (χ1v) is 17.1. The number of carbonyl (C=O) groups excluding carboxylic acids is 2. The Labute approximate surface area is 321 Å². The van der Waals surface area contributed by atoms with Crippen LogP contribution in [0.3, 0.4) is 0 Å². The van der Waals surface area contributed by atoms with Gasteiger partial charge in [0.15, 0.2) is 0 Å². The second-order valence-electron chi connectivity index (χ2n) is 12.4.